The number of carbonyl (C=O) groups is 2. The van der Waals surface area contributed by atoms with E-state index < -0.39 is 12.1 Å². The van der Waals surface area contributed by atoms with Gasteiger partial charge in [-0.1, -0.05) is 12.1 Å². The predicted molar refractivity (Wildman–Crippen MR) is 76.9 cm³/mol. The molecule has 0 aromatic heterocycles. The second-order valence-corrected chi connectivity index (χ2v) is 4.54. The van der Waals surface area contributed by atoms with Crippen molar-refractivity contribution in [2.24, 2.45) is 5.73 Å². The summed E-state index contributed by atoms with van der Waals surface area (Å²) in [5, 5.41) is 8.68. The van der Waals surface area contributed by atoms with Gasteiger partial charge in [0.05, 0.1) is 5.69 Å². The minimum atomic E-state index is -0.547. The van der Waals surface area contributed by atoms with Gasteiger partial charge in [-0.15, -0.1) is 0 Å². The third kappa shape index (κ3) is 5.57. The number of anilines is 1. The van der Waals surface area contributed by atoms with E-state index in [1.807, 2.05) is 5.48 Å². The smallest absolute Gasteiger partial charge is 0.409 e. The fourth-order valence-corrected chi connectivity index (χ4v) is 1.43. The zero-order valence-corrected chi connectivity index (χ0v) is 12.1. The first-order chi connectivity index (χ1) is 9.93. The molecule has 0 heterocycles. The van der Waals surface area contributed by atoms with Gasteiger partial charge in [0.15, 0.2) is 0 Å². The number of hydrogen-bond acceptors (Lipinski definition) is 5. The second-order valence-electron chi connectivity index (χ2n) is 4.54. The molecule has 8 nitrogen and oxygen atoms in total. The molecule has 0 saturated carbocycles. The van der Waals surface area contributed by atoms with Gasteiger partial charge in [0.25, 0.3) is 0 Å². The number of urea groups is 1. The van der Waals surface area contributed by atoms with Gasteiger partial charge in [0.1, 0.15) is 6.61 Å². The Balaban J connectivity index is 2.36. The Morgan fingerprint density at radius 1 is 1.19 bits per heavy atom. The number of nitrogens with zero attached hydrogens (tertiary/aromatic N) is 2. The van der Waals surface area contributed by atoms with Gasteiger partial charge in [0, 0.05) is 27.2 Å². The lowest BCUT2D eigenvalue weighted by Gasteiger charge is -2.20. The lowest BCUT2D eigenvalue weighted by atomic mass is 10.2. The summed E-state index contributed by atoms with van der Waals surface area (Å²) in [6.45, 7) is 0.782. The van der Waals surface area contributed by atoms with Crippen LogP contribution in [0.2, 0.25) is 0 Å². The van der Waals surface area contributed by atoms with Crippen molar-refractivity contribution in [3.8, 4) is 0 Å². The highest BCUT2D eigenvalue weighted by atomic mass is 16.6. The molecule has 1 rings (SSSR count). The first-order valence-corrected chi connectivity index (χ1v) is 6.31. The van der Waals surface area contributed by atoms with Crippen LogP contribution in [-0.4, -0.2) is 54.3 Å². The molecule has 0 aliphatic carbocycles. The van der Waals surface area contributed by atoms with E-state index in [4.69, 9.17) is 15.7 Å². The molecule has 0 fully saturated rings. The van der Waals surface area contributed by atoms with E-state index >= 15 is 0 Å². The molecule has 3 amide bonds. The van der Waals surface area contributed by atoms with Crippen LogP contribution >= 0.6 is 0 Å². The monoisotopic (exact) mass is 296 g/mol. The standard InChI is InChI=1S/C13H20N4O4/c1-16(12(14)18)7-8-17(2)13(19)21-9-10-3-5-11(15-20)6-4-10/h3-6,15,20H,7-9H2,1-2H3,(H2,14,18). The van der Waals surface area contributed by atoms with E-state index in [-0.39, 0.29) is 6.61 Å². The van der Waals surface area contributed by atoms with Gasteiger partial charge >= 0.3 is 12.1 Å². The van der Waals surface area contributed by atoms with Crippen LogP contribution in [0.15, 0.2) is 24.3 Å². The lowest BCUT2D eigenvalue weighted by molar-refractivity contribution is 0.102. The van der Waals surface area contributed by atoms with Crippen molar-refractivity contribution < 1.29 is 19.5 Å². The van der Waals surface area contributed by atoms with Gasteiger partial charge in [0.2, 0.25) is 0 Å². The summed E-state index contributed by atoms with van der Waals surface area (Å²) >= 11 is 0. The summed E-state index contributed by atoms with van der Waals surface area (Å²) in [6, 6.07) is 6.23. The molecule has 0 saturated heterocycles. The van der Waals surface area contributed by atoms with Gasteiger partial charge < -0.3 is 20.3 Å². The van der Waals surface area contributed by atoms with Crippen molar-refractivity contribution in [3.05, 3.63) is 29.8 Å². The summed E-state index contributed by atoms with van der Waals surface area (Å²) in [6.07, 6.45) is -0.489. The van der Waals surface area contributed by atoms with E-state index in [9.17, 15) is 9.59 Å². The molecule has 1 aromatic rings. The quantitative estimate of drug-likeness (QED) is 0.680. The maximum absolute atomic E-state index is 11.7. The van der Waals surface area contributed by atoms with Gasteiger partial charge in [-0.25, -0.2) is 9.59 Å². The first kappa shape index (κ1) is 16.6. The predicted octanol–water partition coefficient (Wildman–Crippen LogP) is 1.07. The number of primary amides is 1. The van der Waals surface area contributed by atoms with Crippen LogP contribution in [0.5, 0.6) is 0 Å². The normalized spacial score (nSPS) is 9.86. The van der Waals surface area contributed by atoms with Crippen LogP contribution in [0.4, 0.5) is 15.3 Å². The van der Waals surface area contributed by atoms with Crippen LogP contribution < -0.4 is 11.2 Å². The van der Waals surface area contributed by atoms with Crippen molar-refractivity contribution in [1.29, 1.82) is 0 Å². The fraction of sp³-hybridized carbons (Fsp3) is 0.385. The maximum Gasteiger partial charge on any atom is 0.409 e. The number of amides is 3. The Kier molecular flexibility index (Phi) is 6.28. The SMILES string of the molecule is CN(CCN(C)C(=O)OCc1ccc(NO)cc1)C(N)=O. The Morgan fingerprint density at radius 3 is 2.29 bits per heavy atom. The second kappa shape index (κ2) is 7.95. The molecule has 0 aliphatic rings. The average molecular weight is 296 g/mol. The van der Waals surface area contributed by atoms with Gasteiger partial charge in [-0.2, -0.15) is 0 Å². The first-order valence-electron chi connectivity index (χ1n) is 6.31. The molecular weight excluding hydrogens is 276 g/mol. The van der Waals surface area contributed by atoms with E-state index in [1.165, 1.54) is 9.80 Å². The summed E-state index contributed by atoms with van der Waals surface area (Å²) in [4.78, 5) is 25.2. The summed E-state index contributed by atoms with van der Waals surface area (Å²) < 4.78 is 5.13. The van der Waals surface area contributed by atoms with E-state index in [1.54, 1.807) is 38.4 Å². The molecule has 21 heavy (non-hydrogen) atoms. The van der Waals surface area contributed by atoms with Crippen molar-refractivity contribution in [2.75, 3.05) is 32.7 Å². The Morgan fingerprint density at radius 2 is 1.76 bits per heavy atom. The van der Waals surface area contributed by atoms with Crippen LogP contribution in [0.3, 0.4) is 0 Å². The van der Waals surface area contributed by atoms with Crippen LogP contribution in [0.1, 0.15) is 5.56 Å². The zero-order valence-electron chi connectivity index (χ0n) is 12.1. The Hall–Kier alpha value is -2.48. The molecule has 0 atom stereocenters. The molecular formula is C13H20N4O4. The number of ether oxygens (including phenoxy) is 1. The number of benzene rings is 1. The molecule has 0 bridgehead atoms. The van der Waals surface area contributed by atoms with Crippen molar-refractivity contribution in [2.45, 2.75) is 6.61 Å². The number of carbonyl (C=O) groups excluding carboxylic acids is 2. The number of likely N-dealkylation sites (N-methyl/N-ethyl adjacent to an activating group) is 2. The fourth-order valence-electron chi connectivity index (χ4n) is 1.43. The minimum absolute atomic E-state index is 0.126. The third-order valence-corrected chi connectivity index (χ3v) is 2.90. The van der Waals surface area contributed by atoms with Crippen LogP contribution in [0.25, 0.3) is 0 Å². The van der Waals surface area contributed by atoms with Gasteiger partial charge in [-0.3, -0.25) is 10.7 Å². The number of hydrogen-bond donors (Lipinski definition) is 3. The largest absolute Gasteiger partial charge is 0.445 e. The number of nitrogens with two attached hydrogens (primary N) is 1. The Bertz CT molecular complexity index is 478. The molecule has 0 radical (unpaired) electrons. The Labute approximate surface area is 123 Å². The molecule has 0 spiro atoms. The van der Waals surface area contributed by atoms with E-state index in [0.29, 0.717) is 18.8 Å². The van der Waals surface area contributed by atoms with Crippen molar-refractivity contribution in [1.82, 2.24) is 9.80 Å². The highest BCUT2D eigenvalue weighted by Gasteiger charge is 2.12. The molecule has 8 heteroatoms. The van der Waals surface area contributed by atoms with Crippen molar-refractivity contribution in [3.63, 3.8) is 0 Å². The molecule has 1 aromatic carbocycles. The molecule has 0 aliphatic heterocycles. The summed E-state index contributed by atoms with van der Waals surface area (Å²) in [5.41, 5.74) is 8.45. The molecule has 116 valence electrons. The molecule has 4 N–H and O–H groups in total. The topological polar surface area (TPSA) is 108 Å². The number of nitrogens with one attached hydrogen (secondary N) is 1. The zero-order chi connectivity index (χ0) is 15.8. The highest BCUT2D eigenvalue weighted by Crippen LogP contribution is 2.09. The van der Waals surface area contributed by atoms with Crippen molar-refractivity contribution >= 4 is 17.8 Å². The van der Waals surface area contributed by atoms with Crippen LogP contribution in [0, 0.1) is 0 Å². The van der Waals surface area contributed by atoms with Crippen LogP contribution in [-0.2, 0) is 11.3 Å². The van der Waals surface area contributed by atoms with E-state index in [2.05, 4.69) is 0 Å². The third-order valence-electron chi connectivity index (χ3n) is 2.90. The minimum Gasteiger partial charge on any atom is -0.445 e. The van der Waals surface area contributed by atoms with E-state index in [0.717, 1.165) is 5.56 Å². The lowest BCUT2D eigenvalue weighted by Crippen LogP contribution is -2.39. The summed E-state index contributed by atoms with van der Waals surface area (Å²) in [5.74, 6) is 0. The molecule has 0 unspecified atom stereocenters. The van der Waals surface area contributed by atoms with Gasteiger partial charge in [-0.05, 0) is 17.7 Å². The average Bonchev–Trinajstić information content (AvgIpc) is 2.50. The summed E-state index contributed by atoms with van der Waals surface area (Å²) in [7, 11) is 3.13. The highest BCUT2D eigenvalue weighted by molar-refractivity contribution is 5.71. The maximum atomic E-state index is 11.7. The number of rotatable bonds is 6.